The Balaban J connectivity index is 2.06. The highest BCUT2D eigenvalue weighted by molar-refractivity contribution is 9.10. The highest BCUT2D eigenvalue weighted by atomic mass is 79.9. The molecule has 0 aliphatic rings. The first kappa shape index (κ1) is 14.2. The monoisotopic (exact) mass is 358 g/mol. The van der Waals surface area contributed by atoms with Crippen molar-refractivity contribution in [2.75, 3.05) is 0 Å². The van der Waals surface area contributed by atoms with Gasteiger partial charge < -0.3 is 0 Å². The Hall–Kier alpha value is -2.38. The Bertz CT molecular complexity index is 954. The molecule has 4 rings (SSSR count). The van der Waals surface area contributed by atoms with Crippen molar-refractivity contribution < 1.29 is 0 Å². The molecule has 23 heavy (non-hydrogen) atoms. The van der Waals surface area contributed by atoms with Crippen LogP contribution in [0.2, 0.25) is 0 Å². The zero-order valence-corrected chi connectivity index (χ0v) is 14.1. The zero-order chi connectivity index (χ0) is 15.6. The fourth-order valence-corrected chi connectivity index (χ4v) is 3.32. The molecule has 0 fully saturated rings. The summed E-state index contributed by atoms with van der Waals surface area (Å²) < 4.78 is 1.10. The number of rotatable bonds is 2. The van der Waals surface area contributed by atoms with Gasteiger partial charge in [-0.1, -0.05) is 94.8 Å². The van der Waals surface area contributed by atoms with Gasteiger partial charge in [0.05, 0.1) is 0 Å². The molecule has 0 atom stereocenters. The van der Waals surface area contributed by atoms with Crippen LogP contribution in [0.5, 0.6) is 0 Å². The molecule has 1 heteroatoms. The van der Waals surface area contributed by atoms with Crippen LogP contribution < -0.4 is 0 Å². The quantitative estimate of drug-likeness (QED) is 0.364. The van der Waals surface area contributed by atoms with Gasteiger partial charge in [-0.2, -0.15) is 0 Å². The molecule has 0 heterocycles. The van der Waals surface area contributed by atoms with Crippen molar-refractivity contribution in [3.8, 4) is 22.3 Å². The Morgan fingerprint density at radius 2 is 1.22 bits per heavy atom. The van der Waals surface area contributed by atoms with Gasteiger partial charge in [0.1, 0.15) is 0 Å². The Kier molecular flexibility index (Phi) is 3.72. The third kappa shape index (κ3) is 2.69. The second kappa shape index (κ2) is 6.02. The van der Waals surface area contributed by atoms with Crippen LogP contribution in [0.1, 0.15) is 0 Å². The first-order valence-corrected chi connectivity index (χ1v) is 8.45. The summed E-state index contributed by atoms with van der Waals surface area (Å²) in [4.78, 5) is 0. The van der Waals surface area contributed by atoms with Crippen molar-refractivity contribution in [2.45, 2.75) is 0 Å². The second-order valence-electron chi connectivity index (χ2n) is 5.58. The van der Waals surface area contributed by atoms with Gasteiger partial charge in [-0.3, -0.25) is 0 Å². The molecule has 0 aromatic heterocycles. The fourth-order valence-electron chi connectivity index (χ4n) is 3.06. The second-order valence-corrected chi connectivity index (χ2v) is 6.50. The lowest BCUT2D eigenvalue weighted by atomic mass is 9.90. The van der Waals surface area contributed by atoms with E-state index in [0.717, 1.165) is 4.47 Å². The molecule has 0 radical (unpaired) electrons. The van der Waals surface area contributed by atoms with E-state index in [1.54, 1.807) is 0 Å². The van der Waals surface area contributed by atoms with Gasteiger partial charge in [0, 0.05) is 4.47 Å². The first-order chi connectivity index (χ1) is 11.3. The lowest BCUT2D eigenvalue weighted by molar-refractivity contribution is 1.59. The summed E-state index contributed by atoms with van der Waals surface area (Å²) in [5, 5.41) is 2.56. The van der Waals surface area contributed by atoms with E-state index >= 15 is 0 Å². The van der Waals surface area contributed by atoms with Crippen LogP contribution in [0.15, 0.2) is 95.5 Å². The van der Waals surface area contributed by atoms with Crippen molar-refractivity contribution in [1.82, 2.24) is 0 Å². The minimum Gasteiger partial charge on any atom is -0.0622 e. The van der Waals surface area contributed by atoms with Crippen LogP contribution in [-0.4, -0.2) is 0 Å². The number of hydrogen-bond acceptors (Lipinski definition) is 0. The van der Waals surface area contributed by atoms with Gasteiger partial charge in [0.15, 0.2) is 0 Å². The van der Waals surface area contributed by atoms with E-state index in [4.69, 9.17) is 0 Å². The van der Waals surface area contributed by atoms with Crippen molar-refractivity contribution in [1.29, 1.82) is 0 Å². The highest BCUT2D eigenvalue weighted by Crippen LogP contribution is 2.38. The van der Waals surface area contributed by atoms with E-state index in [1.165, 1.54) is 33.0 Å². The molecule has 110 valence electrons. The Labute approximate surface area is 144 Å². The molecule has 0 aliphatic heterocycles. The molecule has 0 nitrogen and oxygen atoms in total. The summed E-state index contributed by atoms with van der Waals surface area (Å²) in [6.07, 6.45) is 0. The molecule has 0 N–H and O–H groups in total. The van der Waals surface area contributed by atoms with Gasteiger partial charge in [-0.15, -0.1) is 0 Å². The van der Waals surface area contributed by atoms with E-state index < -0.39 is 0 Å². The summed E-state index contributed by atoms with van der Waals surface area (Å²) in [6.45, 7) is 0. The van der Waals surface area contributed by atoms with Crippen LogP contribution >= 0.6 is 15.9 Å². The maximum atomic E-state index is 3.52. The number of benzene rings is 4. The average molecular weight is 359 g/mol. The molecule has 0 unspecified atom stereocenters. The van der Waals surface area contributed by atoms with Gasteiger partial charge in [-0.25, -0.2) is 0 Å². The number of fused-ring (bicyclic) bond motifs is 1. The molecule has 4 aromatic rings. The molecule has 0 saturated heterocycles. The largest absolute Gasteiger partial charge is 0.0622 e. The smallest absolute Gasteiger partial charge is 0.0175 e. The number of hydrogen-bond donors (Lipinski definition) is 0. The van der Waals surface area contributed by atoms with E-state index in [-0.39, 0.29) is 0 Å². The molecule has 0 aliphatic carbocycles. The highest BCUT2D eigenvalue weighted by Gasteiger charge is 2.11. The minimum atomic E-state index is 1.10. The summed E-state index contributed by atoms with van der Waals surface area (Å²) in [5.41, 5.74) is 5.05. The van der Waals surface area contributed by atoms with E-state index in [0.29, 0.717) is 0 Å². The van der Waals surface area contributed by atoms with Gasteiger partial charge in [0.25, 0.3) is 0 Å². The maximum Gasteiger partial charge on any atom is 0.0175 e. The molecular weight excluding hydrogens is 344 g/mol. The van der Waals surface area contributed by atoms with Crippen molar-refractivity contribution in [3.63, 3.8) is 0 Å². The topological polar surface area (TPSA) is 0 Å². The summed E-state index contributed by atoms with van der Waals surface area (Å²) >= 11 is 3.52. The van der Waals surface area contributed by atoms with Crippen molar-refractivity contribution >= 4 is 26.7 Å². The van der Waals surface area contributed by atoms with Crippen LogP contribution in [-0.2, 0) is 0 Å². The zero-order valence-electron chi connectivity index (χ0n) is 12.5. The molecule has 4 aromatic carbocycles. The van der Waals surface area contributed by atoms with Crippen LogP contribution in [0, 0.1) is 0 Å². The number of halogens is 1. The Morgan fingerprint density at radius 1 is 0.522 bits per heavy atom. The third-order valence-corrected chi connectivity index (χ3v) is 4.68. The predicted molar refractivity (Wildman–Crippen MR) is 103 cm³/mol. The maximum absolute atomic E-state index is 3.52. The van der Waals surface area contributed by atoms with Crippen LogP contribution in [0.4, 0.5) is 0 Å². The third-order valence-electron chi connectivity index (χ3n) is 4.15. The average Bonchev–Trinajstić information content (AvgIpc) is 2.62. The minimum absolute atomic E-state index is 1.10. The SMILES string of the molecule is Brc1ccc(-c2ccc3ccccc3c2-c2ccccc2)cc1. The fraction of sp³-hybridized carbons (Fsp3) is 0. The van der Waals surface area contributed by atoms with Gasteiger partial charge in [0.2, 0.25) is 0 Å². The molecule has 0 saturated carbocycles. The van der Waals surface area contributed by atoms with Gasteiger partial charge in [-0.05, 0) is 45.2 Å². The molecule has 0 spiro atoms. The molecular formula is C22H15Br. The predicted octanol–water partition coefficient (Wildman–Crippen LogP) is 6.94. The van der Waals surface area contributed by atoms with Gasteiger partial charge >= 0.3 is 0 Å². The lowest BCUT2D eigenvalue weighted by Gasteiger charge is -2.14. The van der Waals surface area contributed by atoms with Crippen molar-refractivity contribution in [2.24, 2.45) is 0 Å². The first-order valence-electron chi connectivity index (χ1n) is 7.66. The summed E-state index contributed by atoms with van der Waals surface area (Å²) in [5.74, 6) is 0. The van der Waals surface area contributed by atoms with E-state index in [9.17, 15) is 0 Å². The summed E-state index contributed by atoms with van der Waals surface area (Å²) in [6, 6.07) is 32.2. The van der Waals surface area contributed by atoms with E-state index in [2.05, 4.69) is 107 Å². The lowest BCUT2D eigenvalue weighted by Crippen LogP contribution is -1.87. The normalized spacial score (nSPS) is 10.8. The van der Waals surface area contributed by atoms with E-state index in [1.807, 2.05) is 0 Å². The summed E-state index contributed by atoms with van der Waals surface area (Å²) in [7, 11) is 0. The standard InChI is InChI=1S/C22H15Br/c23-19-13-10-17(11-14-19)21-15-12-16-6-4-5-9-20(16)22(21)18-7-2-1-3-8-18/h1-15H. The van der Waals surface area contributed by atoms with Crippen LogP contribution in [0.3, 0.4) is 0 Å². The Morgan fingerprint density at radius 3 is 2.00 bits per heavy atom. The molecule has 0 bridgehead atoms. The van der Waals surface area contributed by atoms with Crippen molar-refractivity contribution in [3.05, 3.63) is 95.5 Å². The van der Waals surface area contributed by atoms with Crippen LogP contribution in [0.25, 0.3) is 33.0 Å². The molecule has 0 amide bonds.